The quantitative estimate of drug-likeness (QED) is 0.531. The van der Waals surface area contributed by atoms with Gasteiger partial charge in [0.15, 0.2) is 0 Å². The molecule has 0 aliphatic carbocycles. The molecule has 7 nitrogen and oxygen atoms in total. The molecule has 0 saturated carbocycles. The number of aromatic nitrogens is 3. The van der Waals surface area contributed by atoms with Gasteiger partial charge >= 0.3 is 0 Å². The summed E-state index contributed by atoms with van der Waals surface area (Å²) >= 11 is 0. The molecule has 146 valence electrons. The molecular weight excluding hydrogens is 368 g/mol. The molecule has 29 heavy (non-hydrogen) atoms. The summed E-state index contributed by atoms with van der Waals surface area (Å²) in [6.45, 7) is 1.04. The molecule has 2 heterocycles. The van der Waals surface area contributed by atoms with Crippen LogP contribution in [0.5, 0.6) is 0 Å². The zero-order valence-corrected chi connectivity index (χ0v) is 15.9. The van der Waals surface area contributed by atoms with Crippen molar-refractivity contribution >= 4 is 22.5 Å². The molecule has 0 unspecified atom stereocenters. The van der Waals surface area contributed by atoms with E-state index >= 15 is 0 Å². The Bertz CT molecular complexity index is 1200. The van der Waals surface area contributed by atoms with Crippen LogP contribution in [-0.2, 0) is 17.9 Å². The van der Waals surface area contributed by atoms with E-state index in [4.69, 9.17) is 4.74 Å². The van der Waals surface area contributed by atoms with E-state index in [-0.39, 0.29) is 11.5 Å². The second-order valence-corrected chi connectivity index (χ2v) is 6.74. The van der Waals surface area contributed by atoms with Gasteiger partial charge in [-0.3, -0.25) is 9.59 Å². The Labute approximate surface area is 167 Å². The van der Waals surface area contributed by atoms with Crippen molar-refractivity contribution in [3.05, 3.63) is 94.3 Å². The van der Waals surface area contributed by atoms with Crippen molar-refractivity contribution in [2.24, 2.45) is 0 Å². The standard InChI is InChI=1S/C22H20N4O3/c1-29-13-17-10-21(27)25-20-11-18(6-7-19(17)20)24-22(28)16-4-2-15(3-5-16)12-26-9-8-23-14-26/h2-11,14H,12-13H2,1H3,(H,24,28)(H,25,27). The fourth-order valence-corrected chi connectivity index (χ4v) is 3.24. The first-order chi connectivity index (χ1) is 14.1. The summed E-state index contributed by atoms with van der Waals surface area (Å²) in [7, 11) is 1.59. The molecule has 0 spiro atoms. The number of benzene rings is 2. The van der Waals surface area contributed by atoms with E-state index in [9.17, 15) is 9.59 Å². The molecule has 4 rings (SSSR count). The maximum Gasteiger partial charge on any atom is 0.255 e. The van der Waals surface area contributed by atoms with Crippen LogP contribution in [-0.4, -0.2) is 27.6 Å². The number of rotatable bonds is 6. The molecule has 1 amide bonds. The van der Waals surface area contributed by atoms with Crippen molar-refractivity contribution in [3.63, 3.8) is 0 Å². The molecule has 0 saturated heterocycles. The highest BCUT2D eigenvalue weighted by molar-refractivity contribution is 6.05. The number of hydrogen-bond acceptors (Lipinski definition) is 4. The van der Waals surface area contributed by atoms with Crippen molar-refractivity contribution in [2.75, 3.05) is 12.4 Å². The van der Waals surface area contributed by atoms with Crippen molar-refractivity contribution in [1.29, 1.82) is 0 Å². The topological polar surface area (TPSA) is 89.0 Å². The molecule has 0 aliphatic rings. The van der Waals surface area contributed by atoms with Gasteiger partial charge in [-0.15, -0.1) is 0 Å². The van der Waals surface area contributed by atoms with Gasteiger partial charge in [-0.1, -0.05) is 18.2 Å². The number of carbonyl (C=O) groups is 1. The van der Waals surface area contributed by atoms with Crippen LogP contribution in [0.1, 0.15) is 21.5 Å². The van der Waals surface area contributed by atoms with Gasteiger partial charge in [0.05, 0.1) is 18.5 Å². The van der Waals surface area contributed by atoms with E-state index in [1.54, 1.807) is 37.8 Å². The number of fused-ring (bicyclic) bond motifs is 1. The molecule has 7 heteroatoms. The van der Waals surface area contributed by atoms with Crippen LogP contribution < -0.4 is 10.9 Å². The Morgan fingerprint density at radius 3 is 2.72 bits per heavy atom. The third-order valence-corrected chi connectivity index (χ3v) is 4.63. The number of hydrogen-bond donors (Lipinski definition) is 2. The normalized spacial score (nSPS) is 10.9. The molecule has 2 aromatic heterocycles. The predicted molar refractivity (Wildman–Crippen MR) is 111 cm³/mol. The second-order valence-electron chi connectivity index (χ2n) is 6.74. The first-order valence-corrected chi connectivity index (χ1v) is 9.13. The van der Waals surface area contributed by atoms with Gasteiger partial charge in [-0.25, -0.2) is 4.98 Å². The van der Waals surface area contributed by atoms with Crippen LogP contribution >= 0.6 is 0 Å². The molecule has 0 bridgehead atoms. The first-order valence-electron chi connectivity index (χ1n) is 9.13. The fraction of sp³-hybridized carbons (Fsp3) is 0.136. The highest BCUT2D eigenvalue weighted by Crippen LogP contribution is 2.21. The van der Waals surface area contributed by atoms with Crippen LogP contribution in [0.4, 0.5) is 5.69 Å². The summed E-state index contributed by atoms with van der Waals surface area (Å²) in [5, 5.41) is 3.76. The van der Waals surface area contributed by atoms with Gasteiger partial charge in [0.2, 0.25) is 5.56 Å². The zero-order valence-electron chi connectivity index (χ0n) is 15.9. The van der Waals surface area contributed by atoms with Crippen molar-refractivity contribution in [3.8, 4) is 0 Å². The minimum absolute atomic E-state index is 0.207. The molecule has 0 aliphatic heterocycles. The van der Waals surface area contributed by atoms with E-state index in [0.29, 0.717) is 29.9 Å². The van der Waals surface area contributed by atoms with E-state index in [1.807, 2.05) is 35.0 Å². The van der Waals surface area contributed by atoms with Gasteiger partial charge < -0.3 is 19.6 Å². The van der Waals surface area contributed by atoms with Gasteiger partial charge in [0.25, 0.3) is 5.91 Å². The number of carbonyl (C=O) groups excluding carboxylic acids is 1. The average molecular weight is 388 g/mol. The Morgan fingerprint density at radius 1 is 1.17 bits per heavy atom. The second kappa shape index (κ2) is 8.12. The maximum absolute atomic E-state index is 12.6. The molecule has 2 aromatic carbocycles. The summed E-state index contributed by atoms with van der Waals surface area (Å²) in [5.74, 6) is -0.214. The minimum Gasteiger partial charge on any atom is -0.380 e. The summed E-state index contributed by atoms with van der Waals surface area (Å²) < 4.78 is 7.12. The average Bonchev–Trinajstić information content (AvgIpc) is 3.21. The van der Waals surface area contributed by atoms with Gasteiger partial charge in [-0.05, 0) is 35.4 Å². The number of nitrogens with zero attached hydrogens (tertiary/aromatic N) is 2. The molecule has 2 N–H and O–H groups in total. The molecular formula is C22H20N4O3. The van der Waals surface area contributed by atoms with Crippen LogP contribution in [0.15, 0.2) is 72.0 Å². The number of pyridine rings is 1. The molecule has 0 fully saturated rings. The number of imidazole rings is 1. The molecule has 0 radical (unpaired) electrons. The minimum atomic E-state index is -0.214. The van der Waals surface area contributed by atoms with Crippen LogP contribution in [0.2, 0.25) is 0 Å². The highest BCUT2D eigenvalue weighted by Gasteiger charge is 2.09. The van der Waals surface area contributed by atoms with Crippen LogP contribution in [0.3, 0.4) is 0 Å². The van der Waals surface area contributed by atoms with Gasteiger partial charge in [0, 0.05) is 48.8 Å². The van der Waals surface area contributed by atoms with Crippen LogP contribution in [0, 0.1) is 0 Å². The van der Waals surface area contributed by atoms with Crippen molar-refractivity contribution in [2.45, 2.75) is 13.2 Å². The summed E-state index contributed by atoms with van der Waals surface area (Å²) in [5.41, 5.74) is 3.49. The number of nitrogens with one attached hydrogen (secondary N) is 2. The Morgan fingerprint density at radius 2 is 2.00 bits per heavy atom. The molecule has 4 aromatic rings. The lowest BCUT2D eigenvalue weighted by molar-refractivity contribution is 0.102. The van der Waals surface area contributed by atoms with Crippen LogP contribution in [0.25, 0.3) is 10.9 Å². The predicted octanol–water partition coefficient (Wildman–Crippen LogP) is 3.17. The number of anilines is 1. The third kappa shape index (κ3) is 4.25. The van der Waals surface area contributed by atoms with E-state index in [0.717, 1.165) is 16.5 Å². The van der Waals surface area contributed by atoms with Gasteiger partial charge in [-0.2, -0.15) is 0 Å². The largest absolute Gasteiger partial charge is 0.380 e. The Hall–Kier alpha value is -3.71. The van der Waals surface area contributed by atoms with Gasteiger partial charge in [0.1, 0.15) is 0 Å². The number of amides is 1. The number of aromatic amines is 1. The highest BCUT2D eigenvalue weighted by atomic mass is 16.5. The maximum atomic E-state index is 12.6. The monoisotopic (exact) mass is 388 g/mol. The lowest BCUT2D eigenvalue weighted by Gasteiger charge is -2.10. The first kappa shape index (κ1) is 18.6. The van der Waals surface area contributed by atoms with E-state index in [2.05, 4.69) is 15.3 Å². The smallest absolute Gasteiger partial charge is 0.255 e. The lowest BCUT2D eigenvalue weighted by atomic mass is 10.1. The molecule has 0 atom stereocenters. The lowest BCUT2D eigenvalue weighted by Crippen LogP contribution is -2.12. The number of methoxy groups -OCH3 is 1. The summed E-state index contributed by atoms with van der Waals surface area (Å²) in [6.07, 6.45) is 5.38. The summed E-state index contributed by atoms with van der Waals surface area (Å²) in [6, 6.07) is 14.4. The number of H-pyrrole nitrogens is 1. The van der Waals surface area contributed by atoms with E-state index in [1.165, 1.54) is 6.07 Å². The SMILES string of the molecule is COCc1cc(=O)[nH]c2cc(NC(=O)c3ccc(Cn4ccnc4)cc3)ccc12. The summed E-state index contributed by atoms with van der Waals surface area (Å²) in [4.78, 5) is 31.3. The van der Waals surface area contributed by atoms with Crippen molar-refractivity contribution < 1.29 is 9.53 Å². The fourth-order valence-electron chi connectivity index (χ4n) is 3.24. The van der Waals surface area contributed by atoms with E-state index < -0.39 is 0 Å². The third-order valence-electron chi connectivity index (χ3n) is 4.63. The number of ether oxygens (including phenoxy) is 1. The Balaban J connectivity index is 1.51. The Kier molecular flexibility index (Phi) is 5.22. The zero-order chi connectivity index (χ0) is 20.2. The van der Waals surface area contributed by atoms with Crippen molar-refractivity contribution in [1.82, 2.24) is 14.5 Å².